The van der Waals surface area contributed by atoms with Crippen molar-refractivity contribution in [1.29, 1.82) is 0 Å². The lowest BCUT2D eigenvalue weighted by atomic mass is 9.73. The lowest BCUT2D eigenvalue weighted by molar-refractivity contribution is -0.423. The fourth-order valence-electron chi connectivity index (χ4n) is 6.46. The molecule has 0 fully saturated rings. The minimum absolute atomic E-state index is 0.00181. The van der Waals surface area contributed by atoms with Crippen molar-refractivity contribution in [2.45, 2.75) is 104 Å². The first-order valence-electron chi connectivity index (χ1n) is 14.7. The van der Waals surface area contributed by atoms with Gasteiger partial charge in [0.15, 0.2) is 5.60 Å². The lowest BCUT2D eigenvalue weighted by Crippen LogP contribution is -2.56. The molecule has 2 aliphatic carbocycles. The van der Waals surface area contributed by atoms with E-state index in [9.17, 15) is 0 Å². The highest BCUT2D eigenvalue weighted by Gasteiger charge is 2.53. The molecule has 0 saturated heterocycles. The number of fused-ring (bicyclic) bond motifs is 7. The number of hydrogen-bond donors (Lipinski definition) is 0. The smallest absolute Gasteiger partial charge is 0.233 e. The second-order valence-electron chi connectivity index (χ2n) is 12.8. The molecule has 1 heterocycles. The third-order valence-electron chi connectivity index (χ3n) is 9.36. The first-order chi connectivity index (χ1) is 18.7. The lowest BCUT2D eigenvalue weighted by Gasteiger charge is -2.45. The zero-order valence-electron chi connectivity index (χ0n) is 24.1. The van der Waals surface area contributed by atoms with E-state index in [2.05, 4.69) is 95.3 Å². The van der Waals surface area contributed by atoms with E-state index >= 15 is 0 Å². The van der Waals surface area contributed by atoms with Crippen LogP contribution in [-0.4, -0.2) is 18.0 Å². The van der Waals surface area contributed by atoms with Crippen molar-refractivity contribution in [3.8, 4) is 5.75 Å². The Morgan fingerprint density at radius 2 is 1.62 bits per heavy atom. The molecule has 0 amide bonds. The van der Waals surface area contributed by atoms with Crippen molar-refractivity contribution in [3.05, 3.63) is 99.6 Å². The van der Waals surface area contributed by atoms with Gasteiger partial charge in [-0.25, -0.2) is 9.78 Å². The fourth-order valence-corrected chi connectivity index (χ4v) is 6.46. The van der Waals surface area contributed by atoms with Gasteiger partial charge in [-0.1, -0.05) is 80.9 Å². The van der Waals surface area contributed by atoms with Crippen LogP contribution in [-0.2, 0) is 40.4 Å². The van der Waals surface area contributed by atoms with E-state index in [-0.39, 0.29) is 17.4 Å². The molecule has 0 bridgehead atoms. The monoisotopic (exact) mass is 526 g/mol. The first-order valence-corrected chi connectivity index (χ1v) is 14.7. The third-order valence-corrected chi connectivity index (χ3v) is 9.36. The van der Waals surface area contributed by atoms with Crippen LogP contribution in [0.1, 0.15) is 91.8 Å². The van der Waals surface area contributed by atoms with E-state index in [4.69, 9.17) is 19.2 Å². The van der Waals surface area contributed by atoms with Gasteiger partial charge in [0.2, 0.25) is 6.29 Å². The van der Waals surface area contributed by atoms with Crippen LogP contribution in [0.4, 0.5) is 0 Å². The Labute approximate surface area is 233 Å². The zero-order valence-corrected chi connectivity index (χ0v) is 24.1. The molecular weight excluding hydrogens is 484 g/mol. The minimum Gasteiger partial charge on any atom is -0.461 e. The van der Waals surface area contributed by atoms with Gasteiger partial charge in [-0.3, -0.25) is 0 Å². The molecule has 0 spiro atoms. The van der Waals surface area contributed by atoms with E-state index in [0.717, 1.165) is 37.0 Å². The Hall–Kier alpha value is -2.66. The van der Waals surface area contributed by atoms with E-state index in [0.29, 0.717) is 6.61 Å². The summed E-state index contributed by atoms with van der Waals surface area (Å²) >= 11 is 0. The van der Waals surface area contributed by atoms with Crippen molar-refractivity contribution in [1.82, 2.24) is 0 Å². The van der Waals surface area contributed by atoms with Gasteiger partial charge in [-0.15, -0.1) is 0 Å². The van der Waals surface area contributed by atoms with Crippen LogP contribution in [0.15, 0.2) is 60.7 Å². The highest BCUT2D eigenvalue weighted by atomic mass is 17.2. The summed E-state index contributed by atoms with van der Waals surface area (Å²) in [5, 5.41) is 0. The zero-order chi connectivity index (χ0) is 27.2. The van der Waals surface area contributed by atoms with Gasteiger partial charge in [0.25, 0.3) is 0 Å². The normalized spacial score (nSPS) is 23.8. The SMILES string of the molecule is Cc1ccc(COOC(C)(C2Oc3ccc4c(c3[C@H]3c5ccccc5CC[C@H]3O2)CCCC4)C(C)(C)C)cc1. The maximum absolute atomic E-state index is 7.03. The molecule has 3 aromatic rings. The van der Waals surface area contributed by atoms with Gasteiger partial charge >= 0.3 is 0 Å². The summed E-state index contributed by atoms with van der Waals surface area (Å²) in [6, 6.07) is 21.7. The maximum atomic E-state index is 7.03. The topological polar surface area (TPSA) is 36.9 Å². The van der Waals surface area contributed by atoms with Gasteiger partial charge in [-0.2, -0.15) is 0 Å². The summed E-state index contributed by atoms with van der Waals surface area (Å²) in [6.45, 7) is 11.0. The van der Waals surface area contributed by atoms with Gasteiger partial charge in [0, 0.05) is 16.9 Å². The van der Waals surface area contributed by atoms with Crippen LogP contribution < -0.4 is 4.74 Å². The van der Waals surface area contributed by atoms with Crippen molar-refractivity contribution in [3.63, 3.8) is 0 Å². The average Bonchev–Trinajstić information content (AvgIpc) is 3.11. The molecule has 0 N–H and O–H groups in total. The number of benzene rings is 3. The fraction of sp³-hybridized carbons (Fsp3) is 0.486. The highest BCUT2D eigenvalue weighted by molar-refractivity contribution is 5.55. The molecule has 6 rings (SSSR count). The summed E-state index contributed by atoms with van der Waals surface area (Å²) < 4.78 is 13.9. The Kier molecular flexibility index (Phi) is 7.07. The molecule has 4 atom stereocenters. The molecule has 2 unspecified atom stereocenters. The second kappa shape index (κ2) is 10.4. The van der Waals surface area contributed by atoms with Crippen molar-refractivity contribution in [2.24, 2.45) is 5.41 Å². The van der Waals surface area contributed by atoms with E-state index in [1.165, 1.54) is 46.2 Å². The molecule has 0 aromatic heterocycles. The predicted octanol–water partition coefficient (Wildman–Crippen LogP) is 8.01. The number of aryl methyl sites for hydroxylation is 3. The van der Waals surface area contributed by atoms with E-state index in [1.54, 1.807) is 0 Å². The van der Waals surface area contributed by atoms with Gasteiger partial charge in [0.05, 0.1) is 6.10 Å². The average molecular weight is 527 g/mol. The molecule has 39 heavy (non-hydrogen) atoms. The largest absolute Gasteiger partial charge is 0.461 e. The molecule has 4 nitrogen and oxygen atoms in total. The summed E-state index contributed by atoms with van der Waals surface area (Å²) in [6.07, 6.45) is 6.05. The number of hydrogen-bond acceptors (Lipinski definition) is 4. The van der Waals surface area contributed by atoms with Crippen LogP contribution >= 0.6 is 0 Å². The predicted molar refractivity (Wildman–Crippen MR) is 154 cm³/mol. The summed E-state index contributed by atoms with van der Waals surface area (Å²) in [5.74, 6) is 1.09. The van der Waals surface area contributed by atoms with Crippen LogP contribution in [0.2, 0.25) is 0 Å². The van der Waals surface area contributed by atoms with Crippen LogP contribution in [0, 0.1) is 12.3 Å². The molecular formula is C35H42O4. The van der Waals surface area contributed by atoms with E-state index < -0.39 is 11.9 Å². The highest BCUT2D eigenvalue weighted by Crippen LogP contribution is 2.50. The second-order valence-corrected chi connectivity index (χ2v) is 12.8. The van der Waals surface area contributed by atoms with Crippen molar-refractivity contribution < 1.29 is 19.2 Å². The molecule has 3 aliphatic rings. The van der Waals surface area contributed by atoms with Crippen LogP contribution in [0.3, 0.4) is 0 Å². The summed E-state index contributed by atoms with van der Waals surface area (Å²) in [7, 11) is 0. The molecule has 4 heteroatoms. The Morgan fingerprint density at radius 1 is 0.846 bits per heavy atom. The molecule has 206 valence electrons. The molecule has 3 aromatic carbocycles. The third kappa shape index (κ3) is 4.92. The quantitative estimate of drug-likeness (QED) is 0.249. The van der Waals surface area contributed by atoms with E-state index in [1.807, 2.05) is 0 Å². The molecule has 1 aliphatic heterocycles. The van der Waals surface area contributed by atoms with Crippen LogP contribution in [0.5, 0.6) is 5.75 Å². The summed E-state index contributed by atoms with van der Waals surface area (Å²) in [4.78, 5) is 12.3. The van der Waals surface area contributed by atoms with Crippen LogP contribution in [0.25, 0.3) is 0 Å². The van der Waals surface area contributed by atoms with Gasteiger partial charge in [0.1, 0.15) is 12.4 Å². The minimum atomic E-state index is -0.864. The number of rotatable bonds is 5. The van der Waals surface area contributed by atoms with Crippen molar-refractivity contribution >= 4 is 0 Å². The van der Waals surface area contributed by atoms with Crippen molar-refractivity contribution in [2.75, 3.05) is 0 Å². The number of ether oxygens (including phenoxy) is 2. The van der Waals surface area contributed by atoms with Gasteiger partial charge < -0.3 is 9.47 Å². The molecule has 0 radical (unpaired) electrons. The van der Waals surface area contributed by atoms with Gasteiger partial charge in [-0.05, 0) is 86.3 Å². The Morgan fingerprint density at radius 3 is 2.41 bits per heavy atom. The standard InChI is InChI=1S/C35H42O4/c1-23-14-16-24(17-15-23)22-36-39-35(5,34(2,3)4)33-37-29-20-18-25-10-6-8-12-27(25)31(29)32-28-13-9-7-11-26(28)19-21-30(32)38-33/h6,8,10,12,14-17,19,21,29,31,33H,7,9,11,13,18,20,22H2,1-5H3/t29-,31+,33?,35?/m1/s1. The Balaban J connectivity index is 1.38. The summed E-state index contributed by atoms with van der Waals surface area (Å²) in [5.41, 5.74) is 8.20. The molecule has 0 saturated carbocycles. The maximum Gasteiger partial charge on any atom is 0.233 e. The first kappa shape index (κ1) is 26.6. The Bertz CT molecular complexity index is 1320.